The van der Waals surface area contributed by atoms with Gasteiger partial charge in [0, 0.05) is 22.6 Å². The molecule has 0 aliphatic carbocycles. The lowest BCUT2D eigenvalue weighted by Gasteiger charge is -2.06. The van der Waals surface area contributed by atoms with Gasteiger partial charge in [0.05, 0.1) is 14.2 Å². The summed E-state index contributed by atoms with van der Waals surface area (Å²) in [7, 11) is 3.17. The fourth-order valence-corrected chi connectivity index (χ4v) is 3.09. The summed E-state index contributed by atoms with van der Waals surface area (Å²) in [5.41, 5.74) is 2.62. The van der Waals surface area contributed by atoms with Gasteiger partial charge < -0.3 is 13.9 Å². The van der Waals surface area contributed by atoms with Crippen LogP contribution in [0.15, 0.2) is 65.1 Å². The van der Waals surface area contributed by atoms with Crippen molar-refractivity contribution in [2.24, 2.45) is 0 Å². The number of halogens is 2. The molecule has 0 spiro atoms. The van der Waals surface area contributed by atoms with Crippen LogP contribution in [0.2, 0.25) is 0 Å². The molecule has 0 saturated carbocycles. The summed E-state index contributed by atoms with van der Waals surface area (Å²) in [5.74, 6) is 0.127. The fourth-order valence-electron chi connectivity index (χ4n) is 3.09. The molecule has 0 aliphatic rings. The van der Waals surface area contributed by atoms with E-state index in [-0.39, 0.29) is 0 Å². The average Bonchev–Trinajstić information content (AvgIpc) is 3.08. The molecule has 4 rings (SSSR count). The van der Waals surface area contributed by atoms with Crippen molar-refractivity contribution < 1.29 is 22.7 Å². The first-order valence-electron chi connectivity index (χ1n) is 8.31. The number of furan rings is 1. The Morgan fingerprint density at radius 2 is 1.37 bits per heavy atom. The maximum absolute atomic E-state index is 13.9. The topological polar surface area (TPSA) is 31.6 Å². The monoisotopic (exact) mass is 366 g/mol. The Bertz CT molecular complexity index is 1110. The van der Waals surface area contributed by atoms with E-state index < -0.39 is 11.6 Å². The summed E-state index contributed by atoms with van der Waals surface area (Å²) in [6.45, 7) is 0. The van der Waals surface area contributed by atoms with Crippen LogP contribution in [0.1, 0.15) is 0 Å². The molecule has 0 atom stereocenters. The lowest BCUT2D eigenvalue weighted by Crippen LogP contribution is -1.87. The molecule has 0 fully saturated rings. The molecular formula is C22H16F2O3. The number of fused-ring (bicyclic) bond motifs is 1. The van der Waals surface area contributed by atoms with E-state index in [4.69, 9.17) is 13.9 Å². The van der Waals surface area contributed by atoms with E-state index >= 15 is 0 Å². The maximum atomic E-state index is 13.9. The van der Waals surface area contributed by atoms with E-state index in [1.54, 1.807) is 32.4 Å². The van der Waals surface area contributed by atoms with Gasteiger partial charge in [-0.2, -0.15) is 0 Å². The Balaban J connectivity index is 1.99. The minimum absolute atomic E-state index is 0.531. The number of rotatable bonds is 4. The quantitative estimate of drug-likeness (QED) is 0.440. The molecule has 0 saturated heterocycles. The minimum Gasteiger partial charge on any atom is -0.497 e. The van der Waals surface area contributed by atoms with Crippen molar-refractivity contribution in [3.63, 3.8) is 0 Å². The van der Waals surface area contributed by atoms with Gasteiger partial charge in [0.2, 0.25) is 0 Å². The van der Waals surface area contributed by atoms with Gasteiger partial charge >= 0.3 is 0 Å². The van der Waals surface area contributed by atoms with Gasteiger partial charge in [0.25, 0.3) is 0 Å². The van der Waals surface area contributed by atoms with Gasteiger partial charge in [-0.3, -0.25) is 0 Å². The van der Waals surface area contributed by atoms with E-state index in [0.717, 1.165) is 17.0 Å². The molecule has 1 aromatic heterocycles. The van der Waals surface area contributed by atoms with Gasteiger partial charge in [-0.25, -0.2) is 8.78 Å². The summed E-state index contributed by atoms with van der Waals surface area (Å²) in [6.07, 6.45) is 0. The molecule has 4 aromatic rings. The summed E-state index contributed by atoms with van der Waals surface area (Å²) >= 11 is 0. The number of ether oxygens (including phenoxy) is 2. The molecule has 1 heterocycles. The van der Waals surface area contributed by atoms with Gasteiger partial charge in [-0.15, -0.1) is 0 Å². The van der Waals surface area contributed by atoms with Crippen LogP contribution < -0.4 is 9.47 Å². The largest absolute Gasteiger partial charge is 0.497 e. The first-order chi connectivity index (χ1) is 13.1. The van der Waals surface area contributed by atoms with Crippen molar-refractivity contribution in [2.75, 3.05) is 14.2 Å². The summed E-state index contributed by atoms with van der Waals surface area (Å²) in [4.78, 5) is 0. The van der Waals surface area contributed by atoms with Crippen LogP contribution in [0, 0.1) is 11.6 Å². The number of methoxy groups -OCH3 is 2. The second kappa shape index (κ2) is 6.76. The van der Waals surface area contributed by atoms with E-state index in [1.165, 1.54) is 6.07 Å². The highest BCUT2D eigenvalue weighted by molar-refractivity contribution is 6.02. The lowest BCUT2D eigenvalue weighted by molar-refractivity contribution is 0.414. The standard InChI is InChI=1S/C22H16F2O3/c1-25-15-6-3-13(4-7-15)22-21(14-5-10-18(23)19(24)11-14)17-9-8-16(26-2)12-20(17)27-22/h3-12H,1-2H3. The molecule has 27 heavy (non-hydrogen) atoms. The van der Waals surface area contributed by atoms with E-state index in [1.807, 2.05) is 30.3 Å². The van der Waals surface area contributed by atoms with Crippen molar-refractivity contribution in [2.45, 2.75) is 0 Å². The first-order valence-corrected chi connectivity index (χ1v) is 8.31. The maximum Gasteiger partial charge on any atom is 0.159 e. The first kappa shape index (κ1) is 17.1. The predicted molar refractivity (Wildman–Crippen MR) is 100 cm³/mol. The van der Waals surface area contributed by atoms with E-state index in [9.17, 15) is 8.78 Å². The molecule has 136 valence electrons. The predicted octanol–water partition coefficient (Wildman–Crippen LogP) is 6.06. The van der Waals surface area contributed by atoms with Crippen LogP contribution in [-0.4, -0.2) is 14.2 Å². The van der Waals surface area contributed by atoms with Crippen molar-refractivity contribution >= 4 is 11.0 Å². The minimum atomic E-state index is -0.906. The highest BCUT2D eigenvalue weighted by atomic mass is 19.2. The van der Waals surface area contributed by atoms with Crippen LogP contribution in [0.4, 0.5) is 8.78 Å². The van der Waals surface area contributed by atoms with Crippen molar-refractivity contribution in [3.05, 3.63) is 72.3 Å². The van der Waals surface area contributed by atoms with Crippen molar-refractivity contribution in [3.8, 4) is 33.9 Å². The summed E-state index contributed by atoms with van der Waals surface area (Å²) in [5, 5.41) is 0.785. The number of hydrogen-bond acceptors (Lipinski definition) is 3. The molecule has 0 N–H and O–H groups in total. The number of benzene rings is 3. The Morgan fingerprint density at radius 1 is 0.704 bits per heavy atom. The fraction of sp³-hybridized carbons (Fsp3) is 0.0909. The van der Waals surface area contributed by atoms with Gasteiger partial charge in [-0.1, -0.05) is 6.07 Å². The van der Waals surface area contributed by atoms with Crippen LogP contribution >= 0.6 is 0 Å². The van der Waals surface area contributed by atoms with Crippen LogP contribution in [0.5, 0.6) is 11.5 Å². The van der Waals surface area contributed by atoms with Gasteiger partial charge in [0.1, 0.15) is 22.8 Å². The SMILES string of the molecule is COc1ccc(-c2oc3cc(OC)ccc3c2-c2ccc(F)c(F)c2)cc1. The third-order valence-corrected chi connectivity index (χ3v) is 4.46. The zero-order chi connectivity index (χ0) is 19.0. The van der Waals surface area contributed by atoms with Gasteiger partial charge in [0.15, 0.2) is 11.6 Å². The molecular weight excluding hydrogens is 350 g/mol. The molecule has 0 aliphatic heterocycles. The molecule has 0 radical (unpaired) electrons. The second-order valence-corrected chi connectivity index (χ2v) is 6.03. The van der Waals surface area contributed by atoms with Crippen LogP contribution in [0.3, 0.4) is 0 Å². The molecule has 0 bridgehead atoms. The third-order valence-electron chi connectivity index (χ3n) is 4.46. The Hall–Kier alpha value is -3.34. The Morgan fingerprint density at radius 3 is 2.04 bits per heavy atom. The smallest absolute Gasteiger partial charge is 0.159 e. The highest BCUT2D eigenvalue weighted by Gasteiger charge is 2.19. The zero-order valence-corrected chi connectivity index (χ0v) is 14.8. The van der Waals surface area contributed by atoms with Crippen LogP contribution in [-0.2, 0) is 0 Å². The number of hydrogen-bond donors (Lipinski definition) is 0. The van der Waals surface area contributed by atoms with E-state index in [2.05, 4.69) is 0 Å². The lowest BCUT2D eigenvalue weighted by atomic mass is 9.98. The second-order valence-electron chi connectivity index (χ2n) is 6.03. The Kier molecular flexibility index (Phi) is 4.28. The molecule has 3 nitrogen and oxygen atoms in total. The van der Waals surface area contributed by atoms with E-state index in [0.29, 0.717) is 34.0 Å². The highest BCUT2D eigenvalue weighted by Crippen LogP contribution is 2.42. The summed E-state index contributed by atoms with van der Waals surface area (Å²) < 4.78 is 43.9. The molecule has 0 unspecified atom stereocenters. The average molecular weight is 366 g/mol. The molecule has 0 amide bonds. The van der Waals surface area contributed by atoms with Crippen molar-refractivity contribution in [1.29, 1.82) is 0 Å². The normalized spacial score (nSPS) is 11.0. The zero-order valence-electron chi connectivity index (χ0n) is 14.8. The van der Waals surface area contributed by atoms with Gasteiger partial charge in [-0.05, 0) is 54.1 Å². The van der Waals surface area contributed by atoms with Crippen LogP contribution in [0.25, 0.3) is 33.4 Å². The Labute approximate surface area is 154 Å². The third kappa shape index (κ3) is 3.01. The molecule has 5 heteroatoms. The molecule has 3 aromatic carbocycles. The summed E-state index contributed by atoms with van der Waals surface area (Å²) in [6, 6.07) is 16.6. The van der Waals surface area contributed by atoms with Crippen molar-refractivity contribution in [1.82, 2.24) is 0 Å².